The number of carbonyl (C=O) groups excluding carboxylic acids is 4. The van der Waals surface area contributed by atoms with Crippen LogP contribution in [0.25, 0.3) is 0 Å². The molecule has 0 bridgehead atoms. The molecule has 3 atom stereocenters. The number of ether oxygens (including phenoxy) is 1. The minimum atomic E-state index is -1.06. The van der Waals surface area contributed by atoms with Crippen molar-refractivity contribution >= 4 is 35.2 Å². The number of carbonyl (C=O) groups is 4. The molecule has 0 saturated heterocycles. The predicted molar refractivity (Wildman–Crippen MR) is 189 cm³/mol. The average molecular weight is 712 g/mol. The first kappa shape index (κ1) is 35.9. The smallest absolute Gasteiger partial charge is 0.338 e. The van der Waals surface area contributed by atoms with Crippen molar-refractivity contribution in [2.45, 2.75) is 59.2 Å². The molecule has 14 heteroatoms. The highest BCUT2D eigenvalue weighted by molar-refractivity contribution is 6.44. The van der Waals surface area contributed by atoms with Crippen LogP contribution in [-0.2, 0) is 25.7 Å². The van der Waals surface area contributed by atoms with Crippen LogP contribution in [0, 0.1) is 23.5 Å². The number of nitrogens with one attached hydrogen (secondary N) is 5. The minimum absolute atomic E-state index is 0.0148. The van der Waals surface area contributed by atoms with E-state index in [2.05, 4.69) is 31.7 Å². The number of esters is 1. The summed E-state index contributed by atoms with van der Waals surface area (Å²) in [5.41, 5.74) is 5.47. The van der Waals surface area contributed by atoms with Gasteiger partial charge in [-0.3, -0.25) is 14.6 Å². The van der Waals surface area contributed by atoms with Crippen LogP contribution in [0.4, 0.5) is 19.3 Å². The lowest BCUT2D eigenvalue weighted by atomic mass is 9.80. The summed E-state index contributed by atoms with van der Waals surface area (Å²) in [4.78, 5) is 58.0. The molecular weight excluding hydrogens is 672 g/mol. The van der Waals surface area contributed by atoms with E-state index in [0.717, 1.165) is 17.7 Å². The Balaban J connectivity index is 1.25. The number of anilines is 1. The molecule has 2 aliphatic carbocycles. The van der Waals surface area contributed by atoms with Gasteiger partial charge in [0, 0.05) is 29.9 Å². The van der Waals surface area contributed by atoms with Gasteiger partial charge in [-0.25, -0.2) is 28.8 Å². The van der Waals surface area contributed by atoms with Crippen LogP contribution in [0.15, 0.2) is 112 Å². The average Bonchev–Trinajstić information content (AvgIpc) is 3.64. The van der Waals surface area contributed by atoms with Crippen molar-refractivity contribution in [2.24, 2.45) is 16.8 Å². The van der Waals surface area contributed by atoms with Gasteiger partial charge < -0.3 is 26.0 Å². The molecule has 52 heavy (non-hydrogen) atoms. The molecule has 0 spiro atoms. The normalized spacial score (nSPS) is 20.7. The molecule has 4 aliphatic rings. The third-order valence-electron chi connectivity index (χ3n) is 8.84. The van der Waals surface area contributed by atoms with Crippen molar-refractivity contribution in [3.63, 3.8) is 0 Å². The van der Waals surface area contributed by atoms with E-state index < -0.39 is 47.1 Å². The van der Waals surface area contributed by atoms with E-state index in [9.17, 15) is 28.0 Å². The van der Waals surface area contributed by atoms with Gasteiger partial charge in [-0.2, -0.15) is 0 Å². The second-order valence-corrected chi connectivity index (χ2v) is 13.8. The molecule has 0 saturated carbocycles. The summed E-state index contributed by atoms with van der Waals surface area (Å²) in [6.45, 7) is 8.92. The van der Waals surface area contributed by atoms with Crippen molar-refractivity contribution in [1.29, 1.82) is 0 Å². The van der Waals surface area contributed by atoms with Crippen molar-refractivity contribution in [3.8, 4) is 0 Å². The maximum Gasteiger partial charge on any atom is 0.338 e. The molecule has 6 rings (SSSR count). The van der Waals surface area contributed by atoms with E-state index in [-0.39, 0.29) is 35.6 Å². The van der Waals surface area contributed by atoms with Gasteiger partial charge >= 0.3 is 12.0 Å². The second kappa shape index (κ2) is 14.4. The molecule has 2 aromatic carbocycles. The fraction of sp³-hybridized carbons (Fsp3) is 0.289. The number of hydrazine groups is 1. The summed E-state index contributed by atoms with van der Waals surface area (Å²) in [6.07, 6.45) is 7.39. The van der Waals surface area contributed by atoms with E-state index in [4.69, 9.17) is 4.74 Å². The van der Waals surface area contributed by atoms with Crippen LogP contribution in [0.3, 0.4) is 0 Å². The Morgan fingerprint density at radius 1 is 1.00 bits per heavy atom. The monoisotopic (exact) mass is 711 g/mol. The zero-order chi connectivity index (χ0) is 37.3. The maximum absolute atomic E-state index is 14.1. The highest BCUT2D eigenvalue weighted by atomic mass is 19.2. The number of benzene rings is 2. The number of fused-ring (bicyclic) bond motifs is 2. The summed E-state index contributed by atoms with van der Waals surface area (Å²) in [5, 5.41) is 12.6. The molecule has 12 nitrogen and oxygen atoms in total. The van der Waals surface area contributed by atoms with E-state index in [1.165, 1.54) is 17.2 Å². The fourth-order valence-electron chi connectivity index (χ4n) is 6.30. The van der Waals surface area contributed by atoms with Gasteiger partial charge in [-0.1, -0.05) is 48.1 Å². The number of nitrogens with zero attached hydrogens (tertiary/aromatic N) is 2. The van der Waals surface area contributed by atoms with Crippen LogP contribution >= 0.6 is 0 Å². The van der Waals surface area contributed by atoms with Crippen molar-refractivity contribution in [2.75, 3.05) is 5.32 Å². The summed E-state index contributed by atoms with van der Waals surface area (Å²) >= 11 is 0. The molecule has 3 unspecified atom stereocenters. The Bertz CT molecular complexity index is 2030. The minimum Gasteiger partial charge on any atom is -0.456 e. The van der Waals surface area contributed by atoms with Crippen LogP contribution in [0.5, 0.6) is 0 Å². The van der Waals surface area contributed by atoms with Crippen LogP contribution in [0.2, 0.25) is 0 Å². The number of para-hydroxylation sites is 1. The summed E-state index contributed by atoms with van der Waals surface area (Å²) < 4.78 is 32.9. The molecule has 2 heterocycles. The lowest BCUT2D eigenvalue weighted by Gasteiger charge is -2.29. The van der Waals surface area contributed by atoms with Crippen LogP contribution in [0.1, 0.15) is 46.6 Å². The summed E-state index contributed by atoms with van der Waals surface area (Å²) in [6, 6.07) is 11.0. The number of halogens is 2. The third kappa shape index (κ3) is 7.71. The molecule has 5 N–H and O–H groups in total. The first-order valence-electron chi connectivity index (χ1n) is 16.8. The Morgan fingerprint density at radius 3 is 2.46 bits per heavy atom. The maximum atomic E-state index is 14.1. The van der Waals surface area contributed by atoms with E-state index in [0.29, 0.717) is 34.6 Å². The van der Waals surface area contributed by atoms with E-state index in [1.807, 2.05) is 45.9 Å². The Kier molecular flexibility index (Phi) is 9.94. The number of allylic oxidation sites excluding steroid dienone is 3. The molecule has 2 aliphatic heterocycles. The zero-order valence-electron chi connectivity index (χ0n) is 29.3. The first-order chi connectivity index (χ1) is 24.7. The molecule has 4 amide bonds. The number of hydrogen-bond donors (Lipinski definition) is 5. The van der Waals surface area contributed by atoms with Gasteiger partial charge in [-0.15, -0.1) is 0 Å². The number of urea groups is 1. The zero-order valence-corrected chi connectivity index (χ0v) is 29.3. The highest BCUT2D eigenvalue weighted by Gasteiger charge is 2.40. The quantitative estimate of drug-likeness (QED) is 0.242. The van der Waals surface area contributed by atoms with Gasteiger partial charge in [0.2, 0.25) is 0 Å². The SMILES string of the molecule is CC1=C(C(=O)OC(C)(C)C)C=CC2C(NC(=O)C3=CC(C(=O)NCc4ccc(F)c(F)c4)=NC4=C(NC(=O)Nc5ccccc5)C(C)NN34)=CCC12. The largest absolute Gasteiger partial charge is 0.456 e. The van der Waals surface area contributed by atoms with Gasteiger partial charge in [-0.05, 0) is 76.8 Å². The highest BCUT2D eigenvalue weighted by Crippen LogP contribution is 2.41. The topological polar surface area (TPSA) is 153 Å². The molecule has 0 radical (unpaired) electrons. The number of aliphatic imine (C=N–C) groups is 1. The Hall–Kier alpha value is -5.89. The third-order valence-corrected chi connectivity index (χ3v) is 8.84. The van der Waals surface area contributed by atoms with Crippen molar-refractivity contribution in [3.05, 3.63) is 124 Å². The first-order valence-corrected chi connectivity index (χ1v) is 16.8. The standard InChI is InChI=1S/C38H39F2N7O5/c1-20-24-14-16-29(26(24)13-12-25(20)36(50)52-38(3,4)5)44-35(49)31-18-30(34(48)41-19-22-11-15-27(39)28(40)17-22)43-33-32(21(2)46-47(31)33)45-37(51)42-23-9-7-6-8-10-23/h6-13,15-18,21,24,26,46H,14,19H2,1-5H3,(H,41,48)(H,44,49)(H2,42,45,51). The second-order valence-electron chi connectivity index (χ2n) is 13.8. The lowest BCUT2D eigenvalue weighted by molar-refractivity contribution is -0.149. The lowest BCUT2D eigenvalue weighted by Crippen LogP contribution is -2.44. The molecule has 0 aromatic heterocycles. The van der Waals surface area contributed by atoms with Crippen LogP contribution in [-0.4, -0.2) is 46.2 Å². The Labute approximate surface area is 299 Å². The summed E-state index contributed by atoms with van der Waals surface area (Å²) in [7, 11) is 0. The van der Waals surface area contributed by atoms with Crippen LogP contribution < -0.4 is 26.7 Å². The molecule has 0 fully saturated rings. The van der Waals surface area contributed by atoms with E-state index >= 15 is 0 Å². The molecule has 270 valence electrons. The van der Waals surface area contributed by atoms with Gasteiger partial charge in [0.15, 0.2) is 17.5 Å². The number of amides is 4. The predicted octanol–water partition coefficient (Wildman–Crippen LogP) is 4.98. The Morgan fingerprint density at radius 2 is 1.75 bits per heavy atom. The van der Waals surface area contributed by atoms with Gasteiger partial charge in [0.05, 0.1) is 17.3 Å². The number of hydrogen-bond acceptors (Lipinski definition) is 8. The molecule has 2 aromatic rings. The number of rotatable bonds is 8. The van der Waals surface area contributed by atoms with E-state index in [1.54, 1.807) is 37.3 Å². The summed E-state index contributed by atoms with van der Waals surface area (Å²) in [5.74, 6) is -3.91. The van der Waals surface area contributed by atoms with Crippen molar-refractivity contribution in [1.82, 2.24) is 26.4 Å². The van der Waals surface area contributed by atoms with Gasteiger partial charge in [0.1, 0.15) is 17.0 Å². The molecular formula is C38H39F2N7O5. The fourth-order valence-corrected chi connectivity index (χ4v) is 6.30. The van der Waals surface area contributed by atoms with Gasteiger partial charge in [0.25, 0.3) is 11.8 Å². The van der Waals surface area contributed by atoms with Crippen molar-refractivity contribution < 1.29 is 32.7 Å².